The summed E-state index contributed by atoms with van der Waals surface area (Å²) in [6.45, 7) is 4.59. The molecule has 2 aliphatic rings. The number of ether oxygens (including phenoxy) is 1. The molecule has 5 nitrogen and oxygen atoms in total. The van der Waals surface area contributed by atoms with Crippen molar-refractivity contribution in [1.82, 2.24) is 9.62 Å². The summed E-state index contributed by atoms with van der Waals surface area (Å²) >= 11 is 0. The Hall–Kier alpha value is -0.170. The highest BCUT2D eigenvalue weighted by Gasteiger charge is 2.38. The molecule has 17 heavy (non-hydrogen) atoms. The second kappa shape index (κ2) is 5.65. The average Bonchev–Trinajstić information content (AvgIpc) is 2.64. The number of hydrogen-bond acceptors (Lipinski definition) is 4. The van der Waals surface area contributed by atoms with Crippen LogP contribution in [-0.2, 0) is 14.8 Å². The lowest BCUT2D eigenvalue weighted by atomic mass is 10.2. The van der Waals surface area contributed by atoms with Crippen molar-refractivity contribution in [3.05, 3.63) is 0 Å². The molecule has 2 unspecified atom stereocenters. The lowest BCUT2D eigenvalue weighted by molar-refractivity contribution is -0.0114. The molecule has 0 saturated carbocycles. The third kappa shape index (κ3) is 3.40. The van der Waals surface area contributed by atoms with Gasteiger partial charge in [0, 0.05) is 19.6 Å². The molecule has 2 heterocycles. The zero-order valence-corrected chi connectivity index (χ0v) is 11.2. The number of nitrogens with zero attached hydrogens (tertiary/aromatic N) is 1. The first-order chi connectivity index (χ1) is 8.12. The minimum Gasteiger partial charge on any atom is -0.372 e. The first kappa shape index (κ1) is 13.3. The Morgan fingerprint density at radius 3 is 2.47 bits per heavy atom. The SMILES string of the molecule is CCCNCCS(=O)(=O)N1CC2CCC(C1)O2. The molecule has 100 valence electrons. The van der Waals surface area contributed by atoms with Crippen LogP contribution in [0.1, 0.15) is 26.2 Å². The van der Waals surface area contributed by atoms with E-state index in [0.717, 1.165) is 25.8 Å². The molecule has 0 amide bonds. The summed E-state index contributed by atoms with van der Waals surface area (Å²) in [4.78, 5) is 0. The Morgan fingerprint density at radius 2 is 1.88 bits per heavy atom. The molecule has 2 rings (SSSR count). The molecule has 6 heteroatoms. The predicted octanol–water partition coefficient (Wildman–Crippen LogP) is 0.179. The third-order valence-electron chi connectivity index (χ3n) is 3.37. The van der Waals surface area contributed by atoms with Crippen LogP contribution in [0, 0.1) is 0 Å². The molecule has 2 saturated heterocycles. The monoisotopic (exact) mass is 262 g/mol. The van der Waals surface area contributed by atoms with E-state index < -0.39 is 10.0 Å². The van der Waals surface area contributed by atoms with Gasteiger partial charge in [-0.3, -0.25) is 0 Å². The van der Waals surface area contributed by atoms with Crippen molar-refractivity contribution < 1.29 is 13.2 Å². The van der Waals surface area contributed by atoms with Crippen LogP contribution in [0.3, 0.4) is 0 Å². The Kier molecular flexibility index (Phi) is 4.41. The van der Waals surface area contributed by atoms with Gasteiger partial charge in [-0.15, -0.1) is 0 Å². The Labute approximate surface area is 104 Å². The largest absolute Gasteiger partial charge is 0.372 e. The van der Waals surface area contributed by atoms with Crippen LogP contribution in [0.25, 0.3) is 0 Å². The zero-order valence-electron chi connectivity index (χ0n) is 10.4. The van der Waals surface area contributed by atoms with Crippen LogP contribution < -0.4 is 5.32 Å². The molecule has 2 atom stereocenters. The topological polar surface area (TPSA) is 58.6 Å². The standard InChI is InChI=1S/C11H22N2O3S/c1-2-5-12-6-7-17(14,15)13-8-10-3-4-11(9-13)16-10/h10-12H,2-9H2,1H3. The van der Waals surface area contributed by atoms with Crippen LogP contribution in [-0.4, -0.2) is 56.9 Å². The molecule has 0 radical (unpaired) electrons. The zero-order chi connectivity index (χ0) is 12.3. The Bertz CT molecular complexity index is 333. The number of hydrogen-bond donors (Lipinski definition) is 1. The predicted molar refractivity (Wildman–Crippen MR) is 66.4 cm³/mol. The van der Waals surface area contributed by atoms with Crippen LogP contribution >= 0.6 is 0 Å². The summed E-state index contributed by atoms with van der Waals surface area (Å²) in [7, 11) is -3.10. The third-order valence-corrected chi connectivity index (χ3v) is 5.17. The number of sulfonamides is 1. The van der Waals surface area contributed by atoms with E-state index in [1.165, 1.54) is 0 Å². The van der Waals surface area contributed by atoms with Gasteiger partial charge in [0.2, 0.25) is 10.0 Å². The lowest BCUT2D eigenvalue weighted by Crippen LogP contribution is -2.47. The fraction of sp³-hybridized carbons (Fsp3) is 1.00. The summed E-state index contributed by atoms with van der Waals surface area (Å²) < 4.78 is 31.5. The van der Waals surface area contributed by atoms with Gasteiger partial charge in [0.1, 0.15) is 0 Å². The molecular formula is C11H22N2O3S. The summed E-state index contributed by atoms with van der Waals surface area (Å²) in [5.41, 5.74) is 0. The number of rotatable bonds is 6. The van der Waals surface area contributed by atoms with E-state index >= 15 is 0 Å². The van der Waals surface area contributed by atoms with Crippen molar-refractivity contribution in [3.8, 4) is 0 Å². The fourth-order valence-corrected chi connectivity index (χ4v) is 3.88. The first-order valence-electron chi connectivity index (χ1n) is 6.46. The van der Waals surface area contributed by atoms with Gasteiger partial charge >= 0.3 is 0 Å². The van der Waals surface area contributed by atoms with Crippen LogP contribution in [0.5, 0.6) is 0 Å². The van der Waals surface area contributed by atoms with Gasteiger partial charge in [-0.2, -0.15) is 4.31 Å². The minimum atomic E-state index is -3.10. The van der Waals surface area contributed by atoms with E-state index in [1.807, 2.05) is 0 Å². The highest BCUT2D eigenvalue weighted by atomic mass is 32.2. The van der Waals surface area contributed by atoms with Gasteiger partial charge < -0.3 is 10.1 Å². The van der Waals surface area contributed by atoms with Crippen LogP contribution in [0.4, 0.5) is 0 Å². The first-order valence-corrected chi connectivity index (χ1v) is 8.06. The van der Waals surface area contributed by atoms with Gasteiger partial charge in [-0.1, -0.05) is 6.92 Å². The van der Waals surface area contributed by atoms with Crippen molar-refractivity contribution in [2.45, 2.75) is 38.4 Å². The summed E-state index contributed by atoms with van der Waals surface area (Å²) in [5, 5.41) is 3.13. The second-order valence-corrected chi connectivity index (χ2v) is 6.93. The van der Waals surface area contributed by atoms with Gasteiger partial charge in [0.15, 0.2) is 0 Å². The molecule has 2 bridgehead atoms. The normalized spacial score (nSPS) is 29.7. The van der Waals surface area contributed by atoms with Gasteiger partial charge in [0.05, 0.1) is 18.0 Å². The van der Waals surface area contributed by atoms with E-state index in [1.54, 1.807) is 4.31 Å². The Morgan fingerprint density at radius 1 is 1.24 bits per heavy atom. The van der Waals surface area contributed by atoms with E-state index in [-0.39, 0.29) is 18.0 Å². The minimum absolute atomic E-state index is 0.132. The van der Waals surface area contributed by atoms with E-state index in [4.69, 9.17) is 4.74 Å². The average molecular weight is 262 g/mol. The van der Waals surface area contributed by atoms with Crippen molar-refractivity contribution >= 4 is 10.0 Å². The summed E-state index contributed by atoms with van der Waals surface area (Å²) in [6, 6.07) is 0. The van der Waals surface area contributed by atoms with E-state index in [0.29, 0.717) is 19.6 Å². The van der Waals surface area contributed by atoms with Gasteiger partial charge in [-0.05, 0) is 25.8 Å². The van der Waals surface area contributed by atoms with Crippen LogP contribution in [0.2, 0.25) is 0 Å². The molecule has 2 fully saturated rings. The number of nitrogens with one attached hydrogen (secondary N) is 1. The molecule has 0 aliphatic carbocycles. The molecule has 1 N–H and O–H groups in total. The summed E-state index contributed by atoms with van der Waals surface area (Å²) in [6.07, 6.45) is 3.30. The highest BCUT2D eigenvalue weighted by molar-refractivity contribution is 7.89. The van der Waals surface area contributed by atoms with Gasteiger partial charge in [0.25, 0.3) is 0 Å². The Balaban J connectivity index is 1.83. The van der Waals surface area contributed by atoms with Gasteiger partial charge in [-0.25, -0.2) is 8.42 Å². The molecular weight excluding hydrogens is 240 g/mol. The molecule has 0 aromatic heterocycles. The maximum absolute atomic E-state index is 12.1. The second-order valence-electron chi connectivity index (χ2n) is 4.84. The lowest BCUT2D eigenvalue weighted by Gasteiger charge is -2.31. The number of morpholine rings is 1. The smallest absolute Gasteiger partial charge is 0.215 e. The van der Waals surface area contributed by atoms with Crippen molar-refractivity contribution in [2.24, 2.45) is 0 Å². The maximum atomic E-state index is 12.1. The van der Waals surface area contributed by atoms with Crippen LogP contribution in [0.15, 0.2) is 0 Å². The molecule has 0 aromatic carbocycles. The molecule has 0 spiro atoms. The quantitative estimate of drug-likeness (QED) is 0.694. The van der Waals surface area contributed by atoms with E-state index in [2.05, 4.69) is 12.2 Å². The van der Waals surface area contributed by atoms with E-state index in [9.17, 15) is 8.42 Å². The number of fused-ring (bicyclic) bond motifs is 2. The van der Waals surface area contributed by atoms with Crippen molar-refractivity contribution in [3.63, 3.8) is 0 Å². The maximum Gasteiger partial charge on any atom is 0.215 e. The molecule has 2 aliphatic heterocycles. The fourth-order valence-electron chi connectivity index (χ4n) is 2.44. The van der Waals surface area contributed by atoms with Crippen molar-refractivity contribution in [2.75, 3.05) is 31.9 Å². The summed E-state index contributed by atoms with van der Waals surface area (Å²) in [5.74, 6) is 0.201. The highest BCUT2D eigenvalue weighted by Crippen LogP contribution is 2.27. The van der Waals surface area contributed by atoms with Crippen molar-refractivity contribution in [1.29, 1.82) is 0 Å². The molecule has 0 aromatic rings.